The smallest absolute Gasteiger partial charge is 0.332 e. The van der Waals surface area contributed by atoms with Crippen LogP contribution >= 0.6 is 0 Å². The predicted octanol–water partition coefficient (Wildman–Crippen LogP) is 1.41. The first kappa shape index (κ1) is 13.3. The molecule has 1 amide bonds. The minimum atomic E-state index is -0.962. The van der Waals surface area contributed by atoms with Crippen LogP contribution in [0, 0.1) is 0 Å². The minimum absolute atomic E-state index is 0.00898. The second-order valence-corrected chi connectivity index (χ2v) is 5.12. The molecule has 0 bridgehead atoms. The normalized spacial score (nSPS) is 32.5. The first-order chi connectivity index (χ1) is 8.63. The summed E-state index contributed by atoms with van der Waals surface area (Å²) in [6.07, 6.45) is 3.85. The first-order valence-corrected chi connectivity index (χ1v) is 6.82. The van der Waals surface area contributed by atoms with Crippen LogP contribution in [0.1, 0.15) is 45.4 Å². The van der Waals surface area contributed by atoms with Crippen molar-refractivity contribution in [2.24, 2.45) is 0 Å². The van der Waals surface area contributed by atoms with Gasteiger partial charge in [0.05, 0.1) is 0 Å². The number of piperidine rings is 1. The summed E-state index contributed by atoms with van der Waals surface area (Å²) in [5.74, 6) is -0.971. The van der Waals surface area contributed by atoms with Gasteiger partial charge in [0.15, 0.2) is 6.10 Å². The number of aliphatic carboxylic acids is 1. The Morgan fingerprint density at radius 2 is 1.94 bits per heavy atom. The topological polar surface area (TPSA) is 66.8 Å². The third kappa shape index (κ3) is 2.66. The van der Waals surface area contributed by atoms with Crippen molar-refractivity contribution in [3.63, 3.8) is 0 Å². The summed E-state index contributed by atoms with van der Waals surface area (Å²) in [5.41, 5.74) is 0. The highest BCUT2D eigenvalue weighted by molar-refractivity contribution is 5.83. The highest BCUT2D eigenvalue weighted by atomic mass is 16.5. The summed E-state index contributed by atoms with van der Waals surface area (Å²) >= 11 is 0. The van der Waals surface area contributed by atoms with Crippen molar-refractivity contribution in [2.45, 2.75) is 63.7 Å². The van der Waals surface area contributed by atoms with E-state index in [-0.39, 0.29) is 5.91 Å². The summed E-state index contributed by atoms with van der Waals surface area (Å²) in [7, 11) is 0. The number of carboxylic acid groups (broad SMARTS) is 1. The number of ether oxygens (including phenoxy) is 1. The van der Waals surface area contributed by atoms with Crippen molar-refractivity contribution in [2.75, 3.05) is 6.54 Å². The molecule has 0 spiro atoms. The van der Waals surface area contributed by atoms with Crippen LogP contribution in [0.5, 0.6) is 0 Å². The van der Waals surface area contributed by atoms with Gasteiger partial charge in [-0.2, -0.15) is 0 Å². The first-order valence-electron chi connectivity index (χ1n) is 6.82. The van der Waals surface area contributed by atoms with Crippen molar-refractivity contribution in [1.29, 1.82) is 0 Å². The van der Waals surface area contributed by atoms with Crippen LogP contribution in [-0.4, -0.2) is 46.7 Å². The Kier molecular flexibility index (Phi) is 4.22. The van der Waals surface area contributed by atoms with Gasteiger partial charge in [-0.25, -0.2) is 4.79 Å². The molecule has 2 rings (SSSR count). The number of likely N-dealkylation sites (tertiary alicyclic amines) is 1. The molecule has 5 heteroatoms. The molecule has 0 radical (unpaired) electrons. The lowest BCUT2D eigenvalue weighted by Crippen LogP contribution is -2.48. The van der Waals surface area contributed by atoms with Crippen LogP contribution in [0.15, 0.2) is 0 Å². The highest BCUT2D eigenvalue weighted by Crippen LogP contribution is 2.26. The van der Waals surface area contributed by atoms with E-state index >= 15 is 0 Å². The number of amides is 1. The van der Waals surface area contributed by atoms with Crippen molar-refractivity contribution >= 4 is 11.9 Å². The van der Waals surface area contributed by atoms with Crippen LogP contribution in [-0.2, 0) is 14.3 Å². The van der Waals surface area contributed by atoms with E-state index in [2.05, 4.69) is 6.92 Å². The Morgan fingerprint density at radius 1 is 1.22 bits per heavy atom. The van der Waals surface area contributed by atoms with Gasteiger partial charge in [0, 0.05) is 12.6 Å². The third-order valence-corrected chi connectivity index (χ3v) is 3.95. The fourth-order valence-corrected chi connectivity index (χ4v) is 2.90. The molecule has 2 fully saturated rings. The van der Waals surface area contributed by atoms with Crippen molar-refractivity contribution < 1.29 is 19.4 Å². The fraction of sp³-hybridized carbons (Fsp3) is 0.846. The second kappa shape index (κ2) is 5.69. The molecule has 3 atom stereocenters. The van der Waals surface area contributed by atoms with E-state index in [1.54, 1.807) is 0 Å². The molecule has 1 unspecified atom stereocenters. The standard InChI is InChI=1S/C13H21NO4/c1-2-9-5-3-4-8-14(9)12(15)10-6-7-11(18-10)13(16)17/h9-11H,2-8H2,1H3,(H,16,17)/t9?,10-,11+/m0/s1. The average molecular weight is 255 g/mol. The van der Waals surface area contributed by atoms with Crippen molar-refractivity contribution in [3.05, 3.63) is 0 Å². The number of hydrogen-bond acceptors (Lipinski definition) is 3. The monoisotopic (exact) mass is 255 g/mol. The molecular formula is C13H21NO4. The summed E-state index contributed by atoms with van der Waals surface area (Å²) in [6.45, 7) is 2.88. The van der Waals surface area contributed by atoms with Crippen LogP contribution < -0.4 is 0 Å². The Labute approximate surface area is 107 Å². The lowest BCUT2D eigenvalue weighted by atomic mass is 9.99. The highest BCUT2D eigenvalue weighted by Gasteiger charge is 2.38. The molecule has 102 valence electrons. The van der Waals surface area contributed by atoms with Gasteiger partial charge >= 0.3 is 5.97 Å². The maximum absolute atomic E-state index is 12.3. The molecule has 0 aromatic heterocycles. The number of nitrogens with zero attached hydrogens (tertiary/aromatic N) is 1. The number of rotatable bonds is 3. The van der Waals surface area contributed by atoms with Crippen molar-refractivity contribution in [3.8, 4) is 0 Å². The van der Waals surface area contributed by atoms with Gasteiger partial charge in [-0.1, -0.05) is 6.92 Å². The Hall–Kier alpha value is -1.10. The molecular weight excluding hydrogens is 234 g/mol. The van der Waals surface area contributed by atoms with Crippen LogP contribution in [0.25, 0.3) is 0 Å². The predicted molar refractivity (Wildman–Crippen MR) is 65.2 cm³/mol. The van der Waals surface area contributed by atoms with Crippen LogP contribution in [0.4, 0.5) is 0 Å². The SMILES string of the molecule is CCC1CCCCN1C(=O)[C@@H]1CC[C@H](C(=O)O)O1. The van der Waals surface area contributed by atoms with Gasteiger partial charge in [-0.15, -0.1) is 0 Å². The van der Waals surface area contributed by atoms with Crippen molar-refractivity contribution in [1.82, 2.24) is 4.90 Å². The lowest BCUT2D eigenvalue weighted by molar-refractivity contribution is -0.156. The molecule has 18 heavy (non-hydrogen) atoms. The average Bonchev–Trinajstić information content (AvgIpc) is 2.87. The van der Waals surface area contributed by atoms with Gasteiger partial charge in [0.1, 0.15) is 6.10 Å². The van der Waals surface area contributed by atoms with Crippen LogP contribution in [0.2, 0.25) is 0 Å². The molecule has 1 N–H and O–H groups in total. The third-order valence-electron chi connectivity index (χ3n) is 3.95. The zero-order chi connectivity index (χ0) is 13.1. The molecule has 0 saturated carbocycles. The van der Waals surface area contributed by atoms with E-state index in [9.17, 15) is 9.59 Å². The summed E-state index contributed by atoms with van der Waals surface area (Å²) in [5, 5.41) is 8.87. The quantitative estimate of drug-likeness (QED) is 0.828. The molecule has 0 aliphatic carbocycles. The Balaban J connectivity index is 1.96. The molecule has 2 aliphatic rings. The number of carboxylic acids is 1. The zero-order valence-electron chi connectivity index (χ0n) is 10.8. The van der Waals surface area contributed by atoms with Gasteiger partial charge in [0.2, 0.25) is 0 Å². The molecule has 2 saturated heterocycles. The lowest BCUT2D eigenvalue weighted by Gasteiger charge is -2.36. The zero-order valence-corrected chi connectivity index (χ0v) is 10.8. The maximum atomic E-state index is 12.3. The van der Waals surface area contributed by atoms with E-state index < -0.39 is 18.2 Å². The molecule has 5 nitrogen and oxygen atoms in total. The molecule has 2 aliphatic heterocycles. The van der Waals surface area contributed by atoms with E-state index in [0.29, 0.717) is 18.9 Å². The molecule has 2 heterocycles. The largest absolute Gasteiger partial charge is 0.479 e. The number of hydrogen-bond donors (Lipinski definition) is 1. The summed E-state index contributed by atoms with van der Waals surface area (Å²) in [4.78, 5) is 25.1. The van der Waals surface area contributed by atoms with Gasteiger partial charge < -0.3 is 14.7 Å². The van der Waals surface area contributed by atoms with E-state index in [1.807, 2.05) is 4.90 Å². The Morgan fingerprint density at radius 3 is 2.56 bits per heavy atom. The summed E-state index contributed by atoms with van der Waals surface area (Å²) in [6, 6.07) is 0.304. The van der Waals surface area contributed by atoms with E-state index in [1.165, 1.54) is 6.42 Å². The summed E-state index contributed by atoms with van der Waals surface area (Å²) < 4.78 is 5.34. The minimum Gasteiger partial charge on any atom is -0.479 e. The van der Waals surface area contributed by atoms with E-state index in [0.717, 1.165) is 25.8 Å². The number of carbonyl (C=O) groups is 2. The van der Waals surface area contributed by atoms with Gasteiger partial charge in [0.25, 0.3) is 5.91 Å². The van der Waals surface area contributed by atoms with Crippen LogP contribution in [0.3, 0.4) is 0 Å². The maximum Gasteiger partial charge on any atom is 0.332 e. The Bertz CT molecular complexity index is 331. The number of carbonyl (C=O) groups excluding carboxylic acids is 1. The molecule has 0 aromatic rings. The fourth-order valence-electron chi connectivity index (χ4n) is 2.90. The van der Waals surface area contributed by atoms with E-state index in [4.69, 9.17) is 9.84 Å². The van der Waals surface area contributed by atoms with Gasteiger partial charge in [-0.3, -0.25) is 4.79 Å². The van der Waals surface area contributed by atoms with Gasteiger partial charge in [-0.05, 0) is 38.5 Å². The second-order valence-electron chi connectivity index (χ2n) is 5.12. The molecule has 0 aromatic carbocycles.